The third kappa shape index (κ3) is 3.77. The van der Waals surface area contributed by atoms with Gasteiger partial charge >= 0.3 is 0 Å². The van der Waals surface area contributed by atoms with Gasteiger partial charge in [-0.05, 0) is 75.0 Å². The summed E-state index contributed by atoms with van der Waals surface area (Å²) >= 11 is 7.01. The van der Waals surface area contributed by atoms with Gasteiger partial charge in [0.05, 0.1) is 11.3 Å². The Kier molecular flexibility index (Phi) is 5.68. The van der Waals surface area contributed by atoms with E-state index in [1.165, 1.54) is 5.56 Å². The summed E-state index contributed by atoms with van der Waals surface area (Å²) in [6, 6.07) is 50.4. The first-order chi connectivity index (χ1) is 21.7. The highest BCUT2D eigenvalue weighted by Crippen LogP contribution is 2.61. The van der Waals surface area contributed by atoms with Gasteiger partial charge in [0.2, 0.25) is 0 Å². The lowest BCUT2D eigenvalue weighted by Gasteiger charge is -2.39. The second-order valence-electron chi connectivity index (χ2n) is 11.2. The molecule has 7 aromatic carbocycles. The van der Waals surface area contributed by atoms with E-state index in [9.17, 15) is 0 Å². The van der Waals surface area contributed by atoms with Gasteiger partial charge in [-0.25, -0.2) is 0 Å². The van der Waals surface area contributed by atoms with Crippen LogP contribution < -0.4 is 25.4 Å². The molecule has 1 atom stereocenters. The Bertz CT molecular complexity index is 2310. The van der Waals surface area contributed by atoms with Gasteiger partial charge in [-0.1, -0.05) is 127 Å². The lowest BCUT2D eigenvalue weighted by molar-refractivity contribution is 0.468. The average molecular weight is 601 g/mol. The van der Waals surface area contributed by atoms with Crippen molar-refractivity contribution >= 4 is 44.5 Å². The fraction of sp³-hybridized carbons (Fsp3) is 0. The third-order valence-corrected chi connectivity index (χ3v) is 13.6. The standard InChI is InChI=1S/C40H25O2PS/c44-43-37-23-19-30(27-12-5-2-6-13-27)25-36(37)41-35-22-20-32(31-16-9-15-29(24-31)26-10-3-1-4-11-26)38(40(35)43)42-34-21-18-28-14-7-8-17-33(28)39(34)43/h1-25H/t43-/m1/s1. The van der Waals surface area contributed by atoms with E-state index in [1.807, 2.05) is 12.1 Å². The second kappa shape index (κ2) is 9.79. The van der Waals surface area contributed by atoms with Crippen LogP contribution in [-0.4, -0.2) is 0 Å². The number of hydrogen-bond donors (Lipinski definition) is 0. The molecule has 2 nitrogen and oxygen atoms in total. The Morgan fingerprint density at radius 1 is 0.432 bits per heavy atom. The molecule has 0 saturated heterocycles. The normalized spacial score (nSPS) is 15.8. The predicted molar refractivity (Wildman–Crippen MR) is 186 cm³/mol. The molecular formula is C40H25O2PS. The van der Waals surface area contributed by atoms with E-state index >= 15 is 0 Å². The molecule has 0 unspecified atom stereocenters. The lowest BCUT2D eigenvalue weighted by Crippen LogP contribution is -2.35. The van der Waals surface area contributed by atoms with Gasteiger partial charge < -0.3 is 9.47 Å². The van der Waals surface area contributed by atoms with Crippen molar-refractivity contribution in [2.24, 2.45) is 0 Å². The van der Waals surface area contributed by atoms with Gasteiger partial charge in [0.25, 0.3) is 0 Å². The highest BCUT2D eigenvalue weighted by atomic mass is 32.4. The lowest BCUT2D eigenvalue weighted by atomic mass is 9.98. The molecule has 0 aliphatic carbocycles. The van der Waals surface area contributed by atoms with Crippen LogP contribution >= 0.6 is 6.04 Å². The Labute approximate surface area is 261 Å². The van der Waals surface area contributed by atoms with E-state index < -0.39 is 6.04 Å². The van der Waals surface area contributed by atoms with Gasteiger partial charge in [0.15, 0.2) is 0 Å². The summed E-state index contributed by atoms with van der Waals surface area (Å²) in [6.07, 6.45) is 0. The van der Waals surface area contributed by atoms with Gasteiger partial charge in [0.1, 0.15) is 23.0 Å². The topological polar surface area (TPSA) is 18.5 Å². The van der Waals surface area contributed by atoms with Crippen LogP contribution in [0.1, 0.15) is 0 Å². The van der Waals surface area contributed by atoms with Crippen molar-refractivity contribution in [2.45, 2.75) is 0 Å². The Morgan fingerprint density at radius 3 is 1.86 bits per heavy atom. The van der Waals surface area contributed by atoms with Gasteiger partial charge in [-0.3, -0.25) is 0 Å². The third-order valence-electron chi connectivity index (χ3n) is 8.71. The maximum absolute atomic E-state index is 7.01. The predicted octanol–water partition coefficient (Wildman–Crippen LogP) is 9.81. The molecule has 7 aromatic rings. The molecular weight excluding hydrogens is 575 g/mol. The number of fused-ring (bicyclic) bond motifs is 6. The highest BCUT2D eigenvalue weighted by Gasteiger charge is 2.44. The fourth-order valence-electron chi connectivity index (χ4n) is 6.65. The summed E-state index contributed by atoms with van der Waals surface area (Å²) in [5, 5.41) is 5.47. The van der Waals surface area contributed by atoms with Crippen LogP contribution in [0.2, 0.25) is 0 Å². The van der Waals surface area contributed by atoms with E-state index in [1.54, 1.807) is 0 Å². The first kappa shape index (κ1) is 25.5. The van der Waals surface area contributed by atoms with E-state index in [0.29, 0.717) is 0 Å². The van der Waals surface area contributed by atoms with E-state index in [2.05, 4.69) is 140 Å². The molecule has 208 valence electrons. The maximum atomic E-state index is 7.01. The molecule has 0 spiro atoms. The maximum Gasteiger partial charge on any atom is 0.148 e. The SMILES string of the molecule is S=[P@@]12c3ccc(-c4ccccc4)cc3Oc3ccc(-c4cccc(-c5ccccc5)c4)c(c31)Oc1ccc3ccccc3c12. The summed E-state index contributed by atoms with van der Waals surface area (Å²) in [4.78, 5) is 0. The van der Waals surface area contributed by atoms with E-state index in [4.69, 9.17) is 21.3 Å². The minimum Gasteiger partial charge on any atom is -0.456 e. The van der Waals surface area contributed by atoms with Crippen LogP contribution in [0.5, 0.6) is 23.0 Å². The Hall–Kier alpha value is -4.95. The first-order valence-electron chi connectivity index (χ1n) is 14.7. The molecule has 4 heteroatoms. The van der Waals surface area contributed by atoms with E-state index in [0.717, 1.165) is 77.5 Å². The van der Waals surface area contributed by atoms with E-state index in [-0.39, 0.29) is 0 Å². The zero-order chi connectivity index (χ0) is 29.3. The molecule has 0 saturated carbocycles. The number of rotatable bonds is 3. The smallest absolute Gasteiger partial charge is 0.148 e. The molecule has 0 radical (unpaired) electrons. The van der Waals surface area contributed by atoms with Crippen molar-refractivity contribution in [3.8, 4) is 56.4 Å². The minimum absolute atomic E-state index is 0.780. The number of ether oxygens (including phenoxy) is 2. The molecule has 2 aliphatic rings. The second-order valence-corrected chi connectivity index (χ2v) is 15.5. The quantitative estimate of drug-likeness (QED) is 0.188. The van der Waals surface area contributed by atoms with Crippen molar-refractivity contribution in [2.75, 3.05) is 0 Å². The van der Waals surface area contributed by atoms with Crippen molar-refractivity contribution in [1.82, 2.24) is 0 Å². The first-order valence-corrected chi connectivity index (χ1v) is 17.5. The summed E-state index contributed by atoms with van der Waals surface area (Å²) in [5.41, 5.74) is 6.69. The molecule has 0 fully saturated rings. The van der Waals surface area contributed by atoms with Crippen LogP contribution in [-0.2, 0) is 11.8 Å². The van der Waals surface area contributed by atoms with Crippen LogP contribution in [0, 0.1) is 0 Å². The monoisotopic (exact) mass is 600 g/mol. The molecule has 44 heavy (non-hydrogen) atoms. The van der Waals surface area contributed by atoms with Crippen molar-refractivity contribution in [3.63, 3.8) is 0 Å². The minimum atomic E-state index is -2.61. The van der Waals surface area contributed by atoms with Crippen LogP contribution in [0.3, 0.4) is 0 Å². The Balaban J connectivity index is 1.31. The van der Waals surface area contributed by atoms with Crippen LogP contribution in [0.4, 0.5) is 0 Å². The molecule has 2 heterocycles. The highest BCUT2D eigenvalue weighted by molar-refractivity contribution is 8.26. The Morgan fingerprint density at radius 2 is 1.07 bits per heavy atom. The molecule has 2 aliphatic heterocycles. The van der Waals surface area contributed by atoms with Crippen molar-refractivity contribution < 1.29 is 9.47 Å². The zero-order valence-electron chi connectivity index (χ0n) is 23.6. The fourth-order valence-corrected chi connectivity index (χ4v) is 11.5. The van der Waals surface area contributed by atoms with Gasteiger partial charge in [-0.15, -0.1) is 0 Å². The van der Waals surface area contributed by atoms with Crippen molar-refractivity contribution in [3.05, 3.63) is 152 Å². The summed E-state index contributed by atoms with van der Waals surface area (Å²) in [7, 11) is 0. The average Bonchev–Trinajstić information content (AvgIpc) is 3.09. The zero-order valence-corrected chi connectivity index (χ0v) is 25.3. The molecule has 0 bridgehead atoms. The van der Waals surface area contributed by atoms with Crippen LogP contribution in [0.15, 0.2) is 152 Å². The molecule has 9 rings (SSSR count). The van der Waals surface area contributed by atoms with Gasteiger partial charge in [-0.2, -0.15) is 0 Å². The number of hydrogen-bond acceptors (Lipinski definition) is 3. The summed E-state index contributed by atoms with van der Waals surface area (Å²) in [5.74, 6) is 3.24. The summed E-state index contributed by atoms with van der Waals surface area (Å²) in [6.45, 7) is 0. The van der Waals surface area contributed by atoms with Gasteiger partial charge in [0, 0.05) is 16.2 Å². The molecule has 0 amide bonds. The van der Waals surface area contributed by atoms with Crippen molar-refractivity contribution in [1.29, 1.82) is 0 Å². The summed E-state index contributed by atoms with van der Waals surface area (Å²) < 4.78 is 13.7. The number of benzene rings is 7. The van der Waals surface area contributed by atoms with Crippen LogP contribution in [0.25, 0.3) is 44.2 Å². The molecule has 0 aromatic heterocycles. The largest absolute Gasteiger partial charge is 0.456 e. The molecule has 0 N–H and O–H groups in total.